The number of rotatable bonds is 0. The van der Waals surface area contributed by atoms with Crippen molar-refractivity contribution in [2.75, 3.05) is 0 Å². The minimum atomic E-state index is 0. The number of fused-ring (bicyclic) bond motifs is 1. The van der Waals surface area contributed by atoms with Gasteiger partial charge in [-0.2, -0.15) is 23.8 Å². The van der Waals surface area contributed by atoms with E-state index in [0.29, 0.717) is 5.92 Å². The van der Waals surface area contributed by atoms with Gasteiger partial charge in [0.15, 0.2) is 0 Å². The van der Waals surface area contributed by atoms with Crippen molar-refractivity contribution in [2.24, 2.45) is 0 Å². The molecule has 0 bridgehead atoms. The van der Waals surface area contributed by atoms with Gasteiger partial charge in [0.05, 0.1) is 0 Å². The predicted molar refractivity (Wildman–Crippen MR) is 80.5 cm³/mol. The molecule has 2 aromatic carbocycles. The third-order valence-electron chi connectivity index (χ3n) is 3.19. The maximum Gasteiger partial charge on any atom is 2.00 e. The van der Waals surface area contributed by atoms with Crippen LogP contribution in [0.2, 0.25) is 0 Å². The van der Waals surface area contributed by atoms with Gasteiger partial charge in [-0.05, 0) is 6.92 Å². The van der Waals surface area contributed by atoms with E-state index in [1.165, 1.54) is 22.3 Å². The molecule has 21 heavy (non-hydrogen) atoms. The monoisotopic (exact) mass is 397 g/mol. The second-order valence-corrected chi connectivity index (χ2v) is 4.52. The third kappa shape index (κ3) is 6.60. The van der Waals surface area contributed by atoms with Crippen molar-refractivity contribution in [1.29, 1.82) is 0 Å². The second kappa shape index (κ2) is 12.3. The molecule has 3 heteroatoms. The van der Waals surface area contributed by atoms with Gasteiger partial charge in [-0.1, -0.05) is 37.5 Å². The largest absolute Gasteiger partial charge is 2.00 e. The Hall–Kier alpha value is -0.227. The van der Waals surface area contributed by atoms with E-state index in [1.807, 2.05) is 30.3 Å². The van der Waals surface area contributed by atoms with E-state index in [0.717, 1.165) is 0 Å². The Morgan fingerprint density at radius 3 is 1.95 bits per heavy atom. The molecule has 1 aliphatic rings. The summed E-state index contributed by atoms with van der Waals surface area (Å²) < 4.78 is 0. The molecule has 0 fully saturated rings. The summed E-state index contributed by atoms with van der Waals surface area (Å²) in [5.41, 5.74) is 5.62. The molecule has 2 aromatic rings. The molecule has 1 unspecified atom stereocenters. The van der Waals surface area contributed by atoms with Crippen LogP contribution in [0.4, 0.5) is 0 Å². The Kier molecular flexibility index (Phi) is 15.1. The van der Waals surface area contributed by atoms with Crippen LogP contribution in [0.5, 0.6) is 0 Å². The molecule has 0 saturated carbocycles. The average Bonchev–Trinajstić information content (AvgIpc) is 2.96. The van der Waals surface area contributed by atoms with Crippen LogP contribution in [0.1, 0.15) is 35.1 Å². The van der Waals surface area contributed by atoms with Gasteiger partial charge in [-0.3, -0.25) is 6.08 Å². The molecular formula is C18H21Cl2Zr-3. The molecule has 0 nitrogen and oxygen atoms in total. The predicted octanol–water partition coefficient (Wildman–Crippen LogP) is -0.902. The van der Waals surface area contributed by atoms with Crippen molar-refractivity contribution < 1.29 is 51.0 Å². The molecular weight excluding hydrogens is 378 g/mol. The Morgan fingerprint density at radius 2 is 1.52 bits per heavy atom. The van der Waals surface area contributed by atoms with E-state index in [1.54, 1.807) is 0 Å². The molecule has 1 aliphatic carbocycles. The van der Waals surface area contributed by atoms with Crippen molar-refractivity contribution in [3.8, 4) is 0 Å². The Morgan fingerprint density at radius 1 is 1.00 bits per heavy atom. The molecule has 0 radical (unpaired) electrons. The SMILES string of the molecule is Cc1ccc(C)c2c1C=[C-]C2C.[CH3-].[Cl-].[Cl-].[Zr+2].c1cc[cH-]c1. The number of halogens is 2. The van der Waals surface area contributed by atoms with E-state index >= 15 is 0 Å². The average molecular weight is 399 g/mol. The summed E-state index contributed by atoms with van der Waals surface area (Å²) in [6.45, 7) is 6.54. The first-order valence-electron chi connectivity index (χ1n) is 6.06. The van der Waals surface area contributed by atoms with Crippen LogP contribution in [0.3, 0.4) is 0 Å². The summed E-state index contributed by atoms with van der Waals surface area (Å²) in [7, 11) is 0. The van der Waals surface area contributed by atoms with Gasteiger partial charge >= 0.3 is 26.2 Å². The Labute approximate surface area is 161 Å². The second-order valence-electron chi connectivity index (χ2n) is 4.52. The normalized spacial score (nSPS) is 13.2. The molecule has 3 rings (SSSR count). The van der Waals surface area contributed by atoms with Gasteiger partial charge in [0.2, 0.25) is 0 Å². The molecule has 1 atom stereocenters. The summed E-state index contributed by atoms with van der Waals surface area (Å²) in [5.74, 6) is 0.486. The van der Waals surface area contributed by atoms with Crippen LogP contribution in [-0.2, 0) is 26.2 Å². The zero-order chi connectivity index (χ0) is 12.3. The minimum absolute atomic E-state index is 0. The van der Waals surface area contributed by atoms with Gasteiger partial charge in [0.1, 0.15) is 0 Å². The fraction of sp³-hybridized carbons (Fsp3) is 0.222. The fourth-order valence-corrected chi connectivity index (χ4v) is 2.23. The minimum Gasteiger partial charge on any atom is -1.00 e. The molecule has 0 aliphatic heterocycles. The van der Waals surface area contributed by atoms with E-state index in [9.17, 15) is 0 Å². The summed E-state index contributed by atoms with van der Waals surface area (Å²) >= 11 is 0. The van der Waals surface area contributed by atoms with E-state index in [-0.39, 0.29) is 58.4 Å². The van der Waals surface area contributed by atoms with Crippen molar-refractivity contribution in [3.63, 3.8) is 0 Å². The molecule has 0 N–H and O–H groups in total. The van der Waals surface area contributed by atoms with E-state index in [4.69, 9.17) is 0 Å². The van der Waals surface area contributed by atoms with Crippen LogP contribution in [0.15, 0.2) is 42.5 Å². The summed E-state index contributed by atoms with van der Waals surface area (Å²) in [6, 6.07) is 14.4. The first-order chi connectivity index (χ1) is 8.20. The number of benzene rings is 1. The molecule has 114 valence electrons. The fourth-order valence-electron chi connectivity index (χ4n) is 2.23. The Bertz CT molecular complexity index is 499. The number of hydrogen-bond acceptors (Lipinski definition) is 0. The quantitative estimate of drug-likeness (QED) is 0.504. The van der Waals surface area contributed by atoms with Crippen molar-refractivity contribution in [3.05, 3.63) is 78.2 Å². The molecule has 0 amide bonds. The van der Waals surface area contributed by atoms with Crippen LogP contribution < -0.4 is 24.8 Å². The summed E-state index contributed by atoms with van der Waals surface area (Å²) in [5, 5.41) is 0. The van der Waals surface area contributed by atoms with Gasteiger partial charge in [-0.15, -0.1) is 11.1 Å². The molecule has 0 heterocycles. The first kappa shape index (κ1) is 25.7. The molecule has 0 aromatic heterocycles. The first-order valence-corrected chi connectivity index (χ1v) is 6.06. The molecule has 0 spiro atoms. The zero-order valence-corrected chi connectivity index (χ0v) is 16.9. The van der Waals surface area contributed by atoms with Crippen LogP contribution in [-0.4, -0.2) is 0 Å². The van der Waals surface area contributed by atoms with Crippen molar-refractivity contribution in [2.45, 2.75) is 26.7 Å². The maximum absolute atomic E-state index is 3.34. The number of aryl methyl sites for hydroxylation is 2. The van der Waals surface area contributed by atoms with Crippen molar-refractivity contribution in [1.82, 2.24) is 0 Å². The van der Waals surface area contributed by atoms with Crippen LogP contribution >= 0.6 is 0 Å². The van der Waals surface area contributed by atoms with Gasteiger partial charge in [-0.25, -0.2) is 18.2 Å². The standard InChI is InChI=1S/C12H13.C5H5.CH3.2ClH.Zr/c1-8-4-5-9(2)12-10(3)6-7-11(8)12;1-2-4-5-3-1;;;;/h4-5,7,10H,1-3H3;1-5H;1H3;2*1H;/q3*-1;;;+2/p-2. The van der Waals surface area contributed by atoms with Crippen LogP contribution in [0.25, 0.3) is 6.08 Å². The number of allylic oxidation sites excluding steroid dienone is 1. The Balaban J connectivity index is -0.000000316. The zero-order valence-electron chi connectivity index (χ0n) is 13.0. The van der Waals surface area contributed by atoms with Gasteiger partial charge in [0, 0.05) is 0 Å². The molecule has 0 saturated heterocycles. The van der Waals surface area contributed by atoms with Gasteiger partial charge < -0.3 is 32.2 Å². The maximum atomic E-state index is 3.34. The van der Waals surface area contributed by atoms with Crippen LogP contribution in [0, 0.1) is 27.4 Å². The smallest absolute Gasteiger partial charge is 1.00 e. The third-order valence-corrected chi connectivity index (χ3v) is 3.19. The summed E-state index contributed by atoms with van der Waals surface area (Å²) in [6.07, 6.45) is 5.47. The van der Waals surface area contributed by atoms with Gasteiger partial charge in [0.25, 0.3) is 0 Å². The van der Waals surface area contributed by atoms with E-state index < -0.39 is 0 Å². The topological polar surface area (TPSA) is 0 Å². The van der Waals surface area contributed by atoms with Crippen molar-refractivity contribution >= 4 is 6.08 Å². The summed E-state index contributed by atoms with van der Waals surface area (Å²) in [4.78, 5) is 0. The van der Waals surface area contributed by atoms with E-state index in [2.05, 4.69) is 45.1 Å². The number of hydrogen-bond donors (Lipinski definition) is 0.